The summed E-state index contributed by atoms with van der Waals surface area (Å²) in [5.74, 6) is 2.06. The molecule has 0 aromatic heterocycles. The Balaban J connectivity index is 1.61. The first-order valence-corrected chi connectivity index (χ1v) is 28.1. The molecule has 4 aliphatic carbocycles. The normalized spacial score (nSPS) is 24.8. The van der Waals surface area contributed by atoms with Crippen molar-refractivity contribution in [3.63, 3.8) is 0 Å². The molecule has 1 nitrogen and oxygen atoms in total. The number of fused-ring (bicyclic) bond motifs is 5. The zero-order valence-electron chi connectivity index (χ0n) is 40.9. The van der Waals surface area contributed by atoms with Crippen molar-refractivity contribution in [1.82, 2.24) is 4.57 Å². The number of allylic oxidation sites excluding steroid dienone is 4. The van der Waals surface area contributed by atoms with Crippen LogP contribution in [0.2, 0.25) is 18.6 Å². The molecule has 0 aliphatic heterocycles. The molecule has 0 heterocycles. The number of benzene rings is 1. The smallest absolute Gasteiger partial charge is 0.127 e. The van der Waals surface area contributed by atoms with E-state index in [1.54, 1.807) is 33.4 Å². The highest BCUT2D eigenvalue weighted by atomic mass is 28.3. The SMILES string of the molecule is CCCCCCCCCCC1(CCCCCCCCCC)C2=CC3C(C=C2c2cc4c(cc21)C(C)(C)CCC4(C)C)CC(C)C3[Si](C)(C)N(C(C)(C)C)C(C)(C)C. The monoisotopic (exact) mass is 798 g/mol. The van der Waals surface area contributed by atoms with Gasteiger partial charge in [-0.1, -0.05) is 189 Å². The summed E-state index contributed by atoms with van der Waals surface area (Å²) in [5.41, 5.74) is 11.9. The minimum absolute atomic E-state index is 0.147. The second-order valence-corrected chi connectivity index (χ2v) is 28.6. The van der Waals surface area contributed by atoms with Gasteiger partial charge in [0.15, 0.2) is 0 Å². The van der Waals surface area contributed by atoms with Crippen LogP contribution < -0.4 is 0 Å². The Labute approximate surface area is 357 Å². The van der Waals surface area contributed by atoms with Crippen LogP contribution in [0.25, 0.3) is 5.57 Å². The van der Waals surface area contributed by atoms with Crippen LogP contribution in [0.15, 0.2) is 29.9 Å². The number of rotatable bonds is 20. The van der Waals surface area contributed by atoms with Gasteiger partial charge in [-0.25, -0.2) is 0 Å². The maximum atomic E-state index is 3.05. The molecular formula is C55H95NSi. The van der Waals surface area contributed by atoms with Crippen LogP contribution in [-0.2, 0) is 16.2 Å². The highest BCUT2D eigenvalue weighted by Crippen LogP contribution is 2.64. The third-order valence-electron chi connectivity index (χ3n) is 16.2. The van der Waals surface area contributed by atoms with Gasteiger partial charge in [0.05, 0.1) is 0 Å². The van der Waals surface area contributed by atoms with Crippen LogP contribution in [0, 0.1) is 17.8 Å². The molecule has 57 heavy (non-hydrogen) atoms. The van der Waals surface area contributed by atoms with Crippen LogP contribution in [-0.4, -0.2) is 23.9 Å². The molecule has 1 fully saturated rings. The van der Waals surface area contributed by atoms with E-state index in [9.17, 15) is 0 Å². The fourth-order valence-electron chi connectivity index (χ4n) is 14.2. The molecule has 0 N–H and O–H groups in total. The first-order chi connectivity index (χ1) is 26.6. The summed E-state index contributed by atoms with van der Waals surface area (Å²) in [6, 6.07) is 5.65. The van der Waals surface area contributed by atoms with Crippen molar-refractivity contribution in [2.75, 3.05) is 0 Å². The Morgan fingerprint density at radius 1 is 0.614 bits per heavy atom. The lowest BCUT2D eigenvalue weighted by Crippen LogP contribution is -2.67. The molecule has 0 amide bonds. The number of hydrogen-bond donors (Lipinski definition) is 0. The average Bonchev–Trinajstić information content (AvgIpc) is 3.57. The van der Waals surface area contributed by atoms with Crippen LogP contribution in [0.4, 0.5) is 0 Å². The molecule has 324 valence electrons. The standard InChI is InChI=1S/C55H95NSi/c1-16-18-20-22-24-26-28-30-32-55(33-31-29-27-25-23-21-19-17-2)46-38-43-42(36-41(3)50(43)57(14,15)56(51(4,5)6)52(7,8)9)37-44(46)45-39-48-49(40-47(45)55)54(12,13)35-34-53(48,10)11/h37-43,50H,16-36H2,1-15H3. The molecule has 5 rings (SSSR count). The van der Waals surface area contributed by atoms with Gasteiger partial charge in [0.2, 0.25) is 0 Å². The molecule has 0 spiro atoms. The molecule has 1 saturated carbocycles. The maximum absolute atomic E-state index is 3.05. The van der Waals surface area contributed by atoms with Crippen molar-refractivity contribution < 1.29 is 0 Å². The van der Waals surface area contributed by atoms with E-state index >= 15 is 0 Å². The molecule has 4 unspecified atom stereocenters. The quantitative estimate of drug-likeness (QED) is 0.0938. The molecule has 1 aromatic rings. The summed E-state index contributed by atoms with van der Waals surface area (Å²) >= 11 is 0. The first-order valence-electron chi connectivity index (χ1n) is 25.1. The second-order valence-electron chi connectivity index (χ2n) is 24.2. The van der Waals surface area contributed by atoms with Crippen LogP contribution in [0.5, 0.6) is 0 Å². The molecule has 0 bridgehead atoms. The van der Waals surface area contributed by atoms with Gasteiger partial charge < -0.3 is 4.57 Å². The minimum atomic E-state index is -1.91. The van der Waals surface area contributed by atoms with Crippen molar-refractivity contribution >= 4 is 13.8 Å². The Bertz CT molecular complexity index is 1500. The van der Waals surface area contributed by atoms with E-state index in [4.69, 9.17) is 0 Å². The number of hydrogen-bond acceptors (Lipinski definition) is 1. The van der Waals surface area contributed by atoms with Crippen molar-refractivity contribution in [3.8, 4) is 0 Å². The Hall–Kier alpha value is -1.12. The van der Waals surface area contributed by atoms with Gasteiger partial charge in [-0.05, 0) is 141 Å². The van der Waals surface area contributed by atoms with Gasteiger partial charge >= 0.3 is 0 Å². The van der Waals surface area contributed by atoms with Crippen LogP contribution >= 0.6 is 0 Å². The van der Waals surface area contributed by atoms with Gasteiger partial charge in [-0.15, -0.1) is 0 Å². The van der Waals surface area contributed by atoms with E-state index in [0.29, 0.717) is 11.8 Å². The molecule has 2 heteroatoms. The third kappa shape index (κ3) is 10.00. The van der Waals surface area contributed by atoms with Crippen LogP contribution in [0.3, 0.4) is 0 Å². The Kier molecular flexibility index (Phi) is 15.2. The lowest BCUT2D eigenvalue weighted by Gasteiger charge is -2.57. The van der Waals surface area contributed by atoms with Crippen molar-refractivity contribution in [3.05, 3.63) is 52.1 Å². The molecule has 4 atom stereocenters. The average molecular weight is 798 g/mol. The van der Waals surface area contributed by atoms with Crippen molar-refractivity contribution in [1.29, 1.82) is 0 Å². The summed E-state index contributed by atoms with van der Waals surface area (Å²) in [4.78, 5) is 0. The van der Waals surface area contributed by atoms with Gasteiger partial charge in [0, 0.05) is 16.5 Å². The fraction of sp³-hybridized carbons (Fsp3) is 0.818. The molecule has 1 aromatic carbocycles. The second kappa shape index (κ2) is 18.5. The van der Waals surface area contributed by atoms with E-state index in [1.165, 1.54) is 135 Å². The highest BCUT2D eigenvalue weighted by molar-refractivity contribution is 6.76. The summed E-state index contributed by atoms with van der Waals surface area (Å²) < 4.78 is 3.05. The predicted molar refractivity (Wildman–Crippen MR) is 257 cm³/mol. The molecule has 0 saturated heterocycles. The lowest BCUT2D eigenvalue weighted by atomic mass is 9.61. The van der Waals surface area contributed by atoms with Crippen LogP contribution in [0.1, 0.15) is 247 Å². The third-order valence-corrected chi connectivity index (χ3v) is 21.2. The first kappa shape index (κ1) is 46.9. The molecular weight excluding hydrogens is 703 g/mol. The van der Waals surface area contributed by atoms with E-state index in [0.717, 1.165) is 11.5 Å². The van der Waals surface area contributed by atoms with E-state index in [2.05, 4.69) is 132 Å². The van der Waals surface area contributed by atoms with Crippen molar-refractivity contribution in [2.45, 2.75) is 271 Å². The maximum Gasteiger partial charge on any atom is 0.127 e. The topological polar surface area (TPSA) is 3.24 Å². The zero-order valence-corrected chi connectivity index (χ0v) is 41.9. The summed E-state index contributed by atoms with van der Waals surface area (Å²) in [6.07, 6.45) is 35.0. The molecule has 4 aliphatic rings. The minimum Gasteiger partial charge on any atom is -0.314 e. The van der Waals surface area contributed by atoms with Gasteiger partial charge in [-0.3, -0.25) is 0 Å². The molecule has 0 radical (unpaired) electrons. The zero-order chi connectivity index (χ0) is 42.0. The fourth-order valence-corrected chi connectivity index (χ4v) is 20.8. The Morgan fingerprint density at radius 3 is 1.51 bits per heavy atom. The number of nitrogens with zero attached hydrogens (tertiary/aromatic N) is 1. The Morgan fingerprint density at radius 2 is 1.05 bits per heavy atom. The number of unbranched alkanes of at least 4 members (excludes halogenated alkanes) is 14. The highest BCUT2D eigenvalue weighted by Gasteiger charge is 2.57. The summed E-state index contributed by atoms with van der Waals surface area (Å²) in [5, 5.41) is 0. The largest absolute Gasteiger partial charge is 0.314 e. The predicted octanol–water partition coefficient (Wildman–Crippen LogP) is 17.4. The van der Waals surface area contributed by atoms with E-state index in [-0.39, 0.29) is 27.3 Å². The lowest BCUT2D eigenvalue weighted by molar-refractivity contribution is 0.121. The van der Waals surface area contributed by atoms with E-state index in [1.807, 2.05) is 0 Å². The summed E-state index contributed by atoms with van der Waals surface area (Å²) in [7, 11) is -1.91. The summed E-state index contributed by atoms with van der Waals surface area (Å²) in [6.45, 7) is 38.1. The van der Waals surface area contributed by atoms with Gasteiger partial charge in [0.1, 0.15) is 8.24 Å². The van der Waals surface area contributed by atoms with E-state index < -0.39 is 8.24 Å². The van der Waals surface area contributed by atoms with Gasteiger partial charge in [0.25, 0.3) is 0 Å². The van der Waals surface area contributed by atoms with Gasteiger partial charge in [-0.2, -0.15) is 0 Å². The van der Waals surface area contributed by atoms with Crippen molar-refractivity contribution in [2.24, 2.45) is 17.8 Å².